The fourth-order valence-electron chi connectivity index (χ4n) is 7.40. The van der Waals surface area contributed by atoms with Crippen LogP contribution in [0.3, 0.4) is 0 Å². The Bertz CT molecular complexity index is 2620. The third-order valence-electron chi connectivity index (χ3n) is 9.40. The molecule has 0 bridgehead atoms. The van der Waals surface area contributed by atoms with Gasteiger partial charge in [0.25, 0.3) is 0 Å². The van der Waals surface area contributed by atoms with Gasteiger partial charge in [-0.15, -0.1) is 0 Å². The molecule has 3 nitrogen and oxygen atoms in total. The van der Waals surface area contributed by atoms with Crippen molar-refractivity contribution in [1.82, 2.24) is 4.57 Å². The van der Waals surface area contributed by atoms with Gasteiger partial charge >= 0.3 is 0 Å². The fraction of sp³-hybridized carbons (Fsp3) is 0.0909. The lowest BCUT2D eigenvalue weighted by Gasteiger charge is -2.28. The molecular weight excluding hydrogens is 572 g/mol. The third-order valence-corrected chi connectivity index (χ3v) is 9.40. The number of hydrogen-bond donors (Lipinski definition) is 0. The number of anilines is 3. The Labute approximate surface area is 273 Å². The highest BCUT2D eigenvalue weighted by Crippen LogP contribution is 2.44. The number of hydrogen-bond acceptors (Lipinski definition) is 2. The van der Waals surface area contributed by atoms with Gasteiger partial charge in [-0.3, -0.25) is 0 Å². The predicted molar refractivity (Wildman–Crippen MR) is 199 cm³/mol. The number of fused-ring (bicyclic) bond motifs is 7. The summed E-state index contributed by atoms with van der Waals surface area (Å²) in [6.45, 7) is 6.86. The lowest BCUT2D eigenvalue weighted by Crippen LogP contribution is -2.21. The smallest absolute Gasteiger partial charge is 0.137 e. The monoisotopic (exact) mass is 606 g/mol. The summed E-state index contributed by atoms with van der Waals surface area (Å²) < 4.78 is 8.91. The predicted octanol–water partition coefficient (Wildman–Crippen LogP) is 12.7. The molecule has 0 saturated carbocycles. The Morgan fingerprint density at radius 3 is 1.89 bits per heavy atom. The first kappa shape index (κ1) is 27.5. The molecule has 9 aromatic rings. The van der Waals surface area contributed by atoms with Crippen LogP contribution in [-0.2, 0) is 5.54 Å². The minimum atomic E-state index is -0.110. The first-order valence-electron chi connectivity index (χ1n) is 16.3. The second-order valence-corrected chi connectivity index (χ2v) is 13.4. The van der Waals surface area contributed by atoms with Crippen molar-refractivity contribution in [3.8, 4) is 11.1 Å². The normalized spacial score (nSPS) is 12.1. The molecule has 0 amide bonds. The average Bonchev–Trinajstić information content (AvgIpc) is 3.63. The van der Waals surface area contributed by atoms with Gasteiger partial charge < -0.3 is 13.9 Å². The second-order valence-electron chi connectivity index (χ2n) is 13.4. The van der Waals surface area contributed by atoms with Crippen molar-refractivity contribution in [2.45, 2.75) is 26.3 Å². The molecule has 0 fully saturated rings. The van der Waals surface area contributed by atoms with Gasteiger partial charge in [0.1, 0.15) is 11.2 Å². The Morgan fingerprint density at radius 1 is 0.468 bits per heavy atom. The van der Waals surface area contributed by atoms with Gasteiger partial charge in [-0.2, -0.15) is 0 Å². The number of nitrogens with zero attached hydrogens (tertiary/aromatic N) is 2. The lowest BCUT2D eigenvalue weighted by atomic mass is 9.96. The standard InChI is InChI=1S/C44H34N2O/c1-44(2,3)46-40-19-11-9-17-35(40)36-23-21-31(27-41(36)46)45(32-22-24-38-37-18-10-12-20-42(37)47-43(38)28-32)33-25-30-15-7-8-16-34(30)39(26-33)29-13-5-4-6-14-29/h4-28H,1-3H3. The summed E-state index contributed by atoms with van der Waals surface area (Å²) in [6, 6.07) is 54.6. The Kier molecular flexibility index (Phi) is 6.07. The minimum absolute atomic E-state index is 0.110. The van der Waals surface area contributed by atoms with E-state index in [1.54, 1.807) is 0 Å². The molecule has 0 unspecified atom stereocenters. The van der Waals surface area contributed by atoms with Crippen LogP contribution in [0.4, 0.5) is 17.1 Å². The van der Waals surface area contributed by atoms with Crippen molar-refractivity contribution in [3.05, 3.63) is 152 Å². The SMILES string of the molecule is CC(C)(C)n1c2ccccc2c2ccc(N(c3cc(-c4ccccc4)c4ccccc4c3)c3ccc4c(c3)oc3ccccc34)cc21. The quantitative estimate of drug-likeness (QED) is 0.199. The second kappa shape index (κ2) is 10.4. The van der Waals surface area contributed by atoms with Crippen molar-refractivity contribution in [2.75, 3.05) is 4.90 Å². The maximum absolute atomic E-state index is 6.42. The van der Waals surface area contributed by atoms with Gasteiger partial charge in [0.15, 0.2) is 0 Å². The van der Waals surface area contributed by atoms with Crippen LogP contribution in [0.25, 0.3) is 65.6 Å². The molecule has 226 valence electrons. The number of aromatic nitrogens is 1. The number of rotatable bonds is 4. The van der Waals surface area contributed by atoms with Crippen LogP contribution >= 0.6 is 0 Å². The maximum atomic E-state index is 6.42. The van der Waals surface area contributed by atoms with E-state index in [1.165, 1.54) is 43.7 Å². The van der Waals surface area contributed by atoms with E-state index < -0.39 is 0 Å². The summed E-state index contributed by atoms with van der Waals surface area (Å²) in [7, 11) is 0. The van der Waals surface area contributed by atoms with E-state index in [4.69, 9.17) is 4.42 Å². The molecule has 7 aromatic carbocycles. The van der Waals surface area contributed by atoms with Crippen molar-refractivity contribution < 1.29 is 4.42 Å². The molecule has 3 heteroatoms. The van der Waals surface area contributed by atoms with Gasteiger partial charge in [-0.1, -0.05) is 97.1 Å². The zero-order valence-electron chi connectivity index (χ0n) is 26.7. The molecule has 0 aliphatic carbocycles. The van der Waals surface area contributed by atoms with Crippen LogP contribution in [-0.4, -0.2) is 4.57 Å². The average molecular weight is 607 g/mol. The molecule has 0 N–H and O–H groups in total. The zero-order chi connectivity index (χ0) is 31.7. The van der Waals surface area contributed by atoms with E-state index in [-0.39, 0.29) is 5.54 Å². The molecule has 47 heavy (non-hydrogen) atoms. The number of furan rings is 1. The molecule has 2 heterocycles. The fourth-order valence-corrected chi connectivity index (χ4v) is 7.40. The van der Waals surface area contributed by atoms with Crippen LogP contribution in [0.5, 0.6) is 0 Å². The van der Waals surface area contributed by atoms with Gasteiger partial charge in [-0.05, 0) is 91.2 Å². The van der Waals surface area contributed by atoms with Gasteiger partial charge in [0, 0.05) is 55.7 Å². The highest BCUT2D eigenvalue weighted by Gasteiger charge is 2.23. The van der Waals surface area contributed by atoms with Crippen LogP contribution in [0.2, 0.25) is 0 Å². The van der Waals surface area contributed by atoms with Crippen molar-refractivity contribution in [3.63, 3.8) is 0 Å². The van der Waals surface area contributed by atoms with E-state index in [9.17, 15) is 0 Å². The summed E-state index contributed by atoms with van der Waals surface area (Å²) >= 11 is 0. The molecule has 0 aliphatic rings. The zero-order valence-corrected chi connectivity index (χ0v) is 26.7. The van der Waals surface area contributed by atoms with E-state index in [2.05, 4.69) is 170 Å². The van der Waals surface area contributed by atoms with Gasteiger partial charge in [-0.25, -0.2) is 0 Å². The topological polar surface area (TPSA) is 21.3 Å². The van der Waals surface area contributed by atoms with Crippen LogP contribution in [0.1, 0.15) is 20.8 Å². The van der Waals surface area contributed by atoms with Crippen LogP contribution in [0, 0.1) is 0 Å². The number of benzene rings is 7. The highest BCUT2D eigenvalue weighted by atomic mass is 16.3. The Balaban J connectivity index is 1.35. The molecular formula is C44H34N2O. The minimum Gasteiger partial charge on any atom is -0.456 e. The van der Waals surface area contributed by atoms with E-state index in [0.29, 0.717) is 0 Å². The summed E-state index contributed by atoms with van der Waals surface area (Å²) in [5.41, 5.74) is 9.77. The van der Waals surface area contributed by atoms with Crippen molar-refractivity contribution >= 4 is 71.6 Å². The highest BCUT2D eigenvalue weighted by molar-refractivity contribution is 6.10. The number of para-hydroxylation sites is 2. The van der Waals surface area contributed by atoms with Crippen LogP contribution in [0.15, 0.2) is 156 Å². The molecule has 9 rings (SSSR count). The molecule has 0 saturated heterocycles. The summed E-state index contributed by atoms with van der Waals surface area (Å²) in [4.78, 5) is 2.38. The Hall–Kier alpha value is -5.80. The van der Waals surface area contributed by atoms with Crippen LogP contribution < -0.4 is 4.90 Å². The van der Waals surface area contributed by atoms with Gasteiger partial charge in [0.05, 0.1) is 5.52 Å². The maximum Gasteiger partial charge on any atom is 0.137 e. The molecule has 0 aliphatic heterocycles. The van der Waals surface area contributed by atoms with Crippen molar-refractivity contribution in [2.24, 2.45) is 0 Å². The summed E-state index contributed by atoms with van der Waals surface area (Å²) in [6.07, 6.45) is 0. The molecule has 0 atom stereocenters. The summed E-state index contributed by atoms with van der Waals surface area (Å²) in [5, 5.41) is 7.22. The van der Waals surface area contributed by atoms with Crippen molar-refractivity contribution in [1.29, 1.82) is 0 Å². The first-order chi connectivity index (χ1) is 22.9. The van der Waals surface area contributed by atoms with E-state index in [0.717, 1.165) is 39.0 Å². The van der Waals surface area contributed by atoms with Gasteiger partial charge in [0.2, 0.25) is 0 Å². The summed E-state index contributed by atoms with van der Waals surface area (Å²) in [5.74, 6) is 0. The molecule has 0 radical (unpaired) electrons. The van der Waals surface area contributed by atoms with E-state index >= 15 is 0 Å². The Morgan fingerprint density at radius 2 is 1.09 bits per heavy atom. The molecule has 2 aromatic heterocycles. The van der Waals surface area contributed by atoms with E-state index in [1.807, 2.05) is 12.1 Å². The third kappa shape index (κ3) is 4.42. The lowest BCUT2D eigenvalue weighted by molar-refractivity contribution is 0.423. The first-order valence-corrected chi connectivity index (χ1v) is 16.3. The largest absolute Gasteiger partial charge is 0.456 e. The molecule has 0 spiro atoms.